The third-order valence-electron chi connectivity index (χ3n) is 6.12. The number of hydrogen-bond donors (Lipinski definition) is 2. The highest BCUT2D eigenvalue weighted by molar-refractivity contribution is 7.99. The number of hydrazone groups is 1. The number of thioether (sulfide) groups is 1. The summed E-state index contributed by atoms with van der Waals surface area (Å²) in [5, 5.41) is 23.4. The molecule has 1 heterocycles. The molecule has 4 aromatic rings. The van der Waals surface area contributed by atoms with E-state index in [4.69, 9.17) is 0 Å². The van der Waals surface area contributed by atoms with Gasteiger partial charge in [-0.1, -0.05) is 81.4 Å². The van der Waals surface area contributed by atoms with E-state index in [2.05, 4.69) is 65.8 Å². The SMILES string of the molecule is CCC(=NNC(=O)CSc1nnc(-c2ccc(C(C)(C)C)cc2)n1-c1ccc(C)cc1)c1ccc(O)cc1. The molecule has 0 saturated heterocycles. The molecule has 4 rings (SSSR count). The van der Waals surface area contributed by atoms with Crippen molar-refractivity contribution in [2.24, 2.45) is 5.10 Å². The molecular formula is C30H33N5O2S. The number of carbonyl (C=O) groups is 1. The van der Waals surface area contributed by atoms with Crippen molar-refractivity contribution < 1.29 is 9.90 Å². The average Bonchev–Trinajstić information content (AvgIpc) is 3.32. The van der Waals surface area contributed by atoms with Gasteiger partial charge in [0, 0.05) is 11.3 Å². The Hall–Kier alpha value is -3.91. The maximum atomic E-state index is 12.7. The number of phenolic OH excluding ortho intramolecular Hbond substituents is 1. The number of benzene rings is 3. The molecule has 196 valence electrons. The van der Waals surface area contributed by atoms with E-state index in [9.17, 15) is 9.90 Å². The lowest BCUT2D eigenvalue weighted by Gasteiger charge is -2.19. The van der Waals surface area contributed by atoms with Gasteiger partial charge in [-0.05, 0) is 66.3 Å². The molecular weight excluding hydrogens is 494 g/mol. The van der Waals surface area contributed by atoms with Gasteiger partial charge in [0.15, 0.2) is 11.0 Å². The van der Waals surface area contributed by atoms with E-state index in [0.717, 1.165) is 33.9 Å². The Labute approximate surface area is 228 Å². The first-order valence-corrected chi connectivity index (χ1v) is 13.5. The Morgan fingerprint density at radius 3 is 2.24 bits per heavy atom. The molecule has 0 aliphatic rings. The molecule has 7 nitrogen and oxygen atoms in total. The van der Waals surface area contributed by atoms with Gasteiger partial charge in [0.1, 0.15) is 5.75 Å². The van der Waals surface area contributed by atoms with Gasteiger partial charge in [0.05, 0.1) is 11.5 Å². The fourth-order valence-electron chi connectivity index (χ4n) is 3.89. The lowest BCUT2D eigenvalue weighted by atomic mass is 9.87. The lowest BCUT2D eigenvalue weighted by Crippen LogP contribution is -2.22. The zero-order valence-corrected chi connectivity index (χ0v) is 23.2. The fourth-order valence-corrected chi connectivity index (χ4v) is 4.63. The molecule has 0 spiro atoms. The van der Waals surface area contributed by atoms with Gasteiger partial charge in [-0.15, -0.1) is 10.2 Å². The highest BCUT2D eigenvalue weighted by Gasteiger charge is 2.19. The molecule has 0 aliphatic carbocycles. The number of phenols is 1. The zero-order valence-electron chi connectivity index (χ0n) is 22.4. The van der Waals surface area contributed by atoms with Crippen molar-refractivity contribution in [3.63, 3.8) is 0 Å². The van der Waals surface area contributed by atoms with E-state index in [0.29, 0.717) is 11.6 Å². The summed E-state index contributed by atoms with van der Waals surface area (Å²) in [6.07, 6.45) is 0.636. The van der Waals surface area contributed by atoms with Crippen LogP contribution in [0.5, 0.6) is 5.75 Å². The average molecular weight is 528 g/mol. The minimum atomic E-state index is -0.241. The van der Waals surface area contributed by atoms with E-state index in [1.807, 2.05) is 42.7 Å². The van der Waals surface area contributed by atoms with Gasteiger partial charge >= 0.3 is 0 Å². The molecule has 0 bridgehead atoms. The van der Waals surface area contributed by atoms with Crippen LogP contribution in [-0.2, 0) is 10.2 Å². The maximum Gasteiger partial charge on any atom is 0.250 e. The number of rotatable bonds is 8. The number of aryl methyl sites for hydroxylation is 1. The summed E-state index contributed by atoms with van der Waals surface area (Å²) in [6, 6.07) is 23.3. The Morgan fingerprint density at radius 2 is 1.63 bits per heavy atom. The number of hydrogen-bond acceptors (Lipinski definition) is 6. The van der Waals surface area contributed by atoms with Gasteiger partial charge < -0.3 is 5.11 Å². The van der Waals surface area contributed by atoms with Crippen LogP contribution in [0.25, 0.3) is 17.1 Å². The normalized spacial score (nSPS) is 12.0. The highest BCUT2D eigenvalue weighted by Crippen LogP contribution is 2.30. The number of nitrogens with zero attached hydrogens (tertiary/aromatic N) is 4. The van der Waals surface area contributed by atoms with E-state index in [1.54, 1.807) is 24.3 Å². The van der Waals surface area contributed by atoms with E-state index < -0.39 is 0 Å². The third kappa shape index (κ3) is 6.50. The minimum Gasteiger partial charge on any atom is -0.508 e. The van der Waals surface area contributed by atoms with Crippen molar-refractivity contribution in [2.75, 3.05) is 5.75 Å². The van der Waals surface area contributed by atoms with Crippen LogP contribution >= 0.6 is 11.8 Å². The predicted octanol–water partition coefficient (Wildman–Crippen LogP) is 6.27. The summed E-state index contributed by atoms with van der Waals surface area (Å²) < 4.78 is 1.99. The summed E-state index contributed by atoms with van der Waals surface area (Å²) >= 11 is 1.31. The molecule has 1 aromatic heterocycles. The van der Waals surface area contributed by atoms with Crippen molar-refractivity contribution in [1.82, 2.24) is 20.2 Å². The van der Waals surface area contributed by atoms with Crippen molar-refractivity contribution >= 4 is 23.4 Å². The summed E-state index contributed by atoms with van der Waals surface area (Å²) in [5.41, 5.74) is 8.56. The molecule has 0 atom stereocenters. The molecule has 1 amide bonds. The summed E-state index contributed by atoms with van der Waals surface area (Å²) in [6.45, 7) is 10.6. The molecule has 38 heavy (non-hydrogen) atoms. The summed E-state index contributed by atoms with van der Waals surface area (Å²) in [5.74, 6) is 0.792. The summed E-state index contributed by atoms with van der Waals surface area (Å²) in [7, 11) is 0. The zero-order chi connectivity index (χ0) is 27.3. The summed E-state index contributed by atoms with van der Waals surface area (Å²) in [4.78, 5) is 12.7. The van der Waals surface area contributed by atoms with Gasteiger partial charge in [-0.25, -0.2) is 5.43 Å². The molecule has 0 fully saturated rings. The van der Waals surface area contributed by atoms with Crippen molar-refractivity contribution in [3.8, 4) is 22.8 Å². The molecule has 2 N–H and O–H groups in total. The molecule has 3 aromatic carbocycles. The number of amides is 1. The number of carbonyl (C=O) groups excluding carboxylic acids is 1. The second kappa shape index (κ2) is 11.6. The first kappa shape index (κ1) is 27.1. The van der Waals surface area contributed by atoms with Crippen molar-refractivity contribution in [1.29, 1.82) is 0 Å². The Bertz CT molecular complexity index is 1420. The number of aromatic nitrogens is 3. The maximum absolute atomic E-state index is 12.7. The van der Waals surface area contributed by atoms with Crippen LogP contribution in [0.1, 0.15) is 50.8 Å². The largest absolute Gasteiger partial charge is 0.508 e. The van der Waals surface area contributed by atoms with Crippen LogP contribution in [-0.4, -0.2) is 37.2 Å². The monoisotopic (exact) mass is 527 g/mol. The Morgan fingerprint density at radius 1 is 0.974 bits per heavy atom. The molecule has 8 heteroatoms. The lowest BCUT2D eigenvalue weighted by molar-refractivity contribution is -0.118. The van der Waals surface area contributed by atoms with E-state index in [-0.39, 0.29) is 22.8 Å². The fraction of sp³-hybridized carbons (Fsp3) is 0.267. The molecule has 0 radical (unpaired) electrons. The quantitative estimate of drug-likeness (QED) is 0.160. The van der Waals surface area contributed by atoms with Gasteiger partial charge in [-0.2, -0.15) is 5.10 Å². The predicted molar refractivity (Wildman–Crippen MR) is 154 cm³/mol. The number of nitrogens with one attached hydrogen (secondary N) is 1. The van der Waals surface area contributed by atoms with Gasteiger partial charge in [0.2, 0.25) is 0 Å². The van der Waals surface area contributed by atoms with Crippen molar-refractivity contribution in [3.05, 3.63) is 89.5 Å². The third-order valence-corrected chi connectivity index (χ3v) is 7.05. The molecule has 0 saturated carbocycles. The van der Waals surface area contributed by atoms with Crippen molar-refractivity contribution in [2.45, 2.75) is 51.6 Å². The van der Waals surface area contributed by atoms with Crippen LogP contribution in [0.3, 0.4) is 0 Å². The Kier molecular flexibility index (Phi) is 8.32. The smallest absolute Gasteiger partial charge is 0.250 e. The first-order valence-electron chi connectivity index (χ1n) is 12.6. The second-order valence-electron chi connectivity index (χ2n) is 10.1. The molecule has 0 aliphatic heterocycles. The number of aromatic hydroxyl groups is 1. The standard InChI is InChI=1S/C30H33N5O2S/c1-6-26(21-11-17-25(36)18-12-21)31-32-27(37)19-38-29-34-33-28(35(29)24-15-7-20(2)8-16-24)22-9-13-23(14-10-22)30(3,4)5/h7-18,36H,6,19H2,1-5H3,(H,32,37). The molecule has 0 unspecified atom stereocenters. The van der Waals surface area contributed by atoms with E-state index >= 15 is 0 Å². The topological polar surface area (TPSA) is 92.4 Å². The van der Waals surface area contributed by atoms with Crippen LogP contribution in [0.2, 0.25) is 0 Å². The first-order chi connectivity index (χ1) is 18.2. The Balaban J connectivity index is 1.56. The second-order valence-corrected chi connectivity index (χ2v) is 11.0. The highest BCUT2D eigenvalue weighted by atomic mass is 32.2. The van der Waals surface area contributed by atoms with Gasteiger partial charge in [0.25, 0.3) is 5.91 Å². The van der Waals surface area contributed by atoms with Crippen LogP contribution in [0.4, 0.5) is 0 Å². The van der Waals surface area contributed by atoms with Crippen LogP contribution < -0.4 is 5.43 Å². The van der Waals surface area contributed by atoms with Crippen LogP contribution in [0.15, 0.2) is 83.1 Å². The minimum absolute atomic E-state index is 0.0555. The van der Waals surface area contributed by atoms with Crippen LogP contribution in [0, 0.1) is 6.92 Å². The van der Waals surface area contributed by atoms with E-state index in [1.165, 1.54) is 17.3 Å². The van der Waals surface area contributed by atoms with Gasteiger partial charge in [-0.3, -0.25) is 9.36 Å².